The van der Waals surface area contributed by atoms with Crippen molar-refractivity contribution in [3.05, 3.63) is 42.2 Å². The van der Waals surface area contributed by atoms with E-state index in [0.717, 1.165) is 23.0 Å². The molecule has 1 aliphatic heterocycles. The minimum absolute atomic E-state index is 0.0998. The number of nitrogens with zero attached hydrogens (tertiary/aromatic N) is 3. The van der Waals surface area contributed by atoms with Crippen molar-refractivity contribution in [3.63, 3.8) is 0 Å². The van der Waals surface area contributed by atoms with Gasteiger partial charge < -0.3 is 4.90 Å². The summed E-state index contributed by atoms with van der Waals surface area (Å²) in [6.07, 6.45) is 1.83. The fraction of sp³-hybridized carbons (Fsp3) is 0.294. The second-order valence-corrected chi connectivity index (χ2v) is 6.30. The summed E-state index contributed by atoms with van der Waals surface area (Å²) in [6, 6.07) is 10.5. The van der Waals surface area contributed by atoms with Gasteiger partial charge in [0.2, 0.25) is 0 Å². The van der Waals surface area contributed by atoms with E-state index in [1.54, 1.807) is 0 Å². The highest BCUT2D eigenvalue weighted by Gasteiger charge is 2.35. The Kier molecular flexibility index (Phi) is 2.15. The molecule has 20 heavy (non-hydrogen) atoms. The topological polar surface area (TPSA) is 29.0 Å². The zero-order valence-electron chi connectivity index (χ0n) is 12.0. The van der Waals surface area contributed by atoms with Crippen LogP contribution in [0.25, 0.3) is 21.8 Å². The van der Waals surface area contributed by atoms with Crippen LogP contribution in [0.3, 0.4) is 0 Å². The predicted molar refractivity (Wildman–Crippen MR) is 83.3 cm³/mol. The molecule has 0 amide bonds. The summed E-state index contributed by atoms with van der Waals surface area (Å²) in [5.41, 5.74) is 4.63. The molecule has 0 aliphatic carbocycles. The van der Waals surface area contributed by atoms with E-state index in [1.165, 1.54) is 16.8 Å². The van der Waals surface area contributed by atoms with E-state index >= 15 is 0 Å². The molecule has 1 aromatic carbocycles. The molecule has 4 rings (SSSR count). The summed E-state index contributed by atoms with van der Waals surface area (Å²) < 4.78 is 0. The maximum Gasteiger partial charge on any atom is 0.0801 e. The molecule has 3 nitrogen and oxygen atoms in total. The van der Waals surface area contributed by atoms with Crippen molar-refractivity contribution in [2.24, 2.45) is 0 Å². The first kappa shape index (κ1) is 11.6. The fourth-order valence-corrected chi connectivity index (χ4v) is 3.32. The van der Waals surface area contributed by atoms with Crippen LogP contribution in [-0.4, -0.2) is 23.6 Å². The predicted octanol–water partition coefficient (Wildman–Crippen LogP) is 3.51. The Morgan fingerprint density at radius 2 is 2.05 bits per heavy atom. The van der Waals surface area contributed by atoms with Crippen LogP contribution in [0.15, 0.2) is 36.5 Å². The Morgan fingerprint density at radius 1 is 1.20 bits per heavy atom. The molecule has 0 spiro atoms. The Hall–Kier alpha value is -2.16. The average Bonchev–Trinajstić information content (AvgIpc) is 2.66. The average molecular weight is 263 g/mol. The monoisotopic (exact) mass is 263 g/mol. The Balaban J connectivity index is 2.14. The van der Waals surface area contributed by atoms with Gasteiger partial charge >= 0.3 is 0 Å². The van der Waals surface area contributed by atoms with E-state index in [1.807, 2.05) is 12.3 Å². The molecule has 2 aromatic heterocycles. The third kappa shape index (κ3) is 1.46. The summed E-state index contributed by atoms with van der Waals surface area (Å²) in [5.74, 6) is 0. The number of hydrogen-bond donors (Lipinski definition) is 0. The smallest absolute Gasteiger partial charge is 0.0801 e. The number of benzene rings is 1. The lowest BCUT2D eigenvalue weighted by Crippen LogP contribution is -2.25. The highest BCUT2D eigenvalue weighted by atomic mass is 15.2. The third-order valence-corrected chi connectivity index (χ3v) is 4.23. The fourth-order valence-electron chi connectivity index (χ4n) is 3.32. The second kappa shape index (κ2) is 3.69. The minimum atomic E-state index is 0.0998. The first-order valence-corrected chi connectivity index (χ1v) is 6.96. The van der Waals surface area contributed by atoms with E-state index in [9.17, 15) is 0 Å². The molecule has 3 aromatic rings. The van der Waals surface area contributed by atoms with Gasteiger partial charge in [0.25, 0.3) is 0 Å². The third-order valence-electron chi connectivity index (χ3n) is 4.23. The molecule has 3 heteroatoms. The summed E-state index contributed by atoms with van der Waals surface area (Å²) in [7, 11) is 2.14. The molecule has 0 unspecified atom stereocenters. The van der Waals surface area contributed by atoms with Gasteiger partial charge in [0.1, 0.15) is 0 Å². The molecular weight excluding hydrogens is 246 g/mol. The summed E-state index contributed by atoms with van der Waals surface area (Å²) in [5, 5.41) is 2.33. The molecule has 0 fully saturated rings. The second-order valence-electron chi connectivity index (χ2n) is 6.30. The van der Waals surface area contributed by atoms with Gasteiger partial charge in [-0.05, 0) is 24.3 Å². The van der Waals surface area contributed by atoms with E-state index in [2.05, 4.69) is 55.0 Å². The first-order chi connectivity index (χ1) is 9.56. The van der Waals surface area contributed by atoms with Gasteiger partial charge in [0, 0.05) is 36.0 Å². The van der Waals surface area contributed by atoms with Crippen molar-refractivity contribution >= 4 is 27.5 Å². The van der Waals surface area contributed by atoms with Gasteiger partial charge in [-0.3, -0.25) is 4.98 Å². The maximum atomic E-state index is 5.01. The van der Waals surface area contributed by atoms with Crippen LogP contribution in [0.2, 0.25) is 0 Å². The van der Waals surface area contributed by atoms with E-state index < -0.39 is 0 Å². The molecule has 3 heterocycles. The summed E-state index contributed by atoms with van der Waals surface area (Å²) >= 11 is 0. The number of hydrogen-bond acceptors (Lipinski definition) is 3. The maximum absolute atomic E-state index is 5.01. The van der Waals surface area contributed by atoms with E-state index in [4.69, 9.17) is 4.98 Å². The zero-order chi connectivity index (χ0) is 13.9. The van der Waals surface area contributed by atoms with Crippen LogP contribution < -0.4 is 4.90 Å². The van der Waals surface area contributed by atoms with Crippen LogP contribution in [0.4, 0.5) is 5.69 Å². The number of aromatic nitrogens is 2. The van der Waals surface area contributed by atoms with Crippen LogP contribution in [0.1, 0.15) is 19.5 Å². The molecule has 100 valence electrons. The van der Waals surface area contributed by atoms with E-state index in [0.29, 0.717) is 0 Å². The van der Waals surface area contributed by atoms with Crippen molar-refractivity contribution in [3.8, 4) is 0 Å². The number of rotatable bonds is 0. The van der Waals surface area contributed by atoms with Crippen LogP contribution in [0.5, 0.6) is 0 Å². The largest absolute Gasteiger partial charge is 0.372 e. The molecule has 0 radical (unpaired) electrons. The van der Waals surface area contributed by atoms with Crippen LogP contribution in [0, 0.1) is 0 Å². The molecule has 0 atom stereocenters. The summed E-state index contributed by atoms with van der Waals surface area (Å²) in [6.45, 7) is 5.54. The van der Waals surface area contributed by atoms with Gasteiger partial charge in [0.15, 0.2) is 0 Å². The highest BCUT2D eigenvalue weighted by molar-refractivity contribution is 6.04. The number of likely N-dealkylation sites (N-methyl/N-ethyl adjacent to an activating group) is 1. The van der Waals surface area contributed by atoms with E-state index in [-0.39, 0.29) is 5.41 Å². The highest BCUT2D eigenvalue weighted by Crippen LogP contribution is 2.40. The standard InChI is InChI=1S/C17H17N3/c1-17(2)10-20(3)14-9-11-6-7-13-12(5-4-8-18-13)15(11)19-16(14)17/h4-9H,10H2,1-3H3. The number of anilines is 1. The lowest BCUT2D eigenvalue weighted by atomic mass is 9.91. The Morgan fingerprint density at radius 3 is 2.90 bits per heavy atom. The van der Waals surface area contributed by atoms with Gasteiger partial charge in [-0.25, -0.2) is 4.98 Å². The lowest BCUT2D eigenvalue weighted by molar-refractivity contribution is 0.550. The molecular formula is C17H17N3. The van der Waals surface area contributed by atoms with Gasteiger partial charge in [-0.2, -0.15) is 0 Å². The SMILES string of the molecule is CN1CC(C)(C)c2nc3c(ccc4ncccc43)cc21. The zero-order valence-corrected chi connectivity index (χ0v) is 12.0. The molecule has 0 saturated carbocycles. The molecule has 0 N–H and O–H groups in total. The Bertz CT molecular complexity index is 836. The molecule has 0 saturated heterocycles. The number of fused-ring (bicyclic) bond motifs is 4. The van der Waals surface area contributed by atoms with Gasteiger partial charge in [-0.15, -0.1) is 0 Å². The lowest BCUT2D eigenvalue weighted by Gasteiger charge is -2.17. The first-order valence-electron chi connectivity index (χ1n) is 6.96. The van der Waals surface area contributed by atoms with Crippen molar-refractivity contribution in [1.29, 1.82) is 0 Å². The quantitative estimate of drug-likeness (QED) is 0.581. The molecule has 1 aliphatic rings. The minimum Gasteiger partial charge on any atom is -0.372 e. The van der Waals surface area contributed by atoms with Gasteiger partial charge in [0.05, 0.1) is 22.4 Å². The van der Waals surface area contributed by atoms with Crippen LogP contribution in [-0.2, 0) is 5.41 Å². The van der Waals surface area contributed by atoms with Crippen molar-refractivity contribution in [1.82, 2.24) is 9.97 Å². The number of pyridine rings is 2. The van der Waals surface area contributed by atoms with Crippen LogP contribution >= 0.6 is 0 Å². The molecule has 0 bridgehead atoms. The van der Waals surface area contributed by atoms with Crippen molar-refractivity contribution in [2.75, 3.05) is 18.5 Å². The normalized spacial score (nSPS) is 16.9. The Labute approximate surface area is 118 Å². The van der Waals surface area contributed by atoms with Crippen molar-refractivity contribution < 1.29 is 0 Å². The summed E-state index contributed by atoms with van der Waals surface area (Å²) in [4.78, 5) is 11.7. The van der Waals surface area contributed by atoms with Crippen molar-refractivity contribution in [2.45, 2.75) is 19.3 Å². The van der Waals surface area contributed by atoms with Gasteiger partial charge in [-0.1, -0.05) is 19.9 Å².